The molecule has 2 aromatic heterocycles. The molecule has 0 aliphatic heterocycles. The number of hydrogen-bond acceptors (Lipinski definition) is 3. The lowest BCUT2D eigenvalue weighted by Crippen LogP contribution is -2.09. The van der Waals surface area contributed by atoms with Crippen LogP contribution < -0.4 is 5.73 Å². The van der Waals surface area contributed by atoms with Crippen molar-refractivity contribution in [1.82, 2.24) is 9.97 Å². The van der Waals surface area contributed by atoms with Gasteiger partial charge >= 0.3 is 0 Å². The first-order valence-corrected chi connectivity index (χ1v) is 4.37. The fourth-order valence-corrected chi connectivity index (χ4v) is 1.38. The van der Waals surface area contributed by atoms with Gasteiger partial charge in [0.15, 0.2) is 0 Å². The van der Waals surface area contributed by atoms with E-state index < -0.39 is 0 Å². The van der Waals surface area contributed by atoms with E-state index in [0.717, 1.165) is 16.6 Å². The minimum atomic E-state index is -0.244. The summed E-state index contributed by atoms with van der Waals surface area (Å²) in [5.74, 6) is 0. The molecule has 0 unspecified atom stereocenters. The first-order valence-electron chi connectivity index (χ1n) is 4.37. The maximum Gasteiger partial charge on any atom is 0.137 e. The highest BCUT2D eigenvalue weighted by molar-refractivity contribution is 5.75. The summed E-state index contributed by atoms with van der Waals surface area (Å²) < 4.78 is 0. The molecule has 0 fully saturated rings. The molecule has 0 radical (unpaired) electrons. The molecule has 70 valence electrons. The van der Waals surface area contributed by atoms with Crippen molar-refractivity contribution < 1.29 is 0 Å². The summed E-state index contributed by atoms with van der Waals surface area (Å²) in [6.07, 6.45) is 3.86. The maximum absolute atomic E-state index is 8.51. The van der Waals surface area contributed by atoms with Gasteiger partial charge in [-0.2, -0.15) is 5.26 Å². The second kappa shape index (κ2) is 3.48. The first-order chi connectivity index (χ1) is 6.81. The van der Waals surface area contributed by atoms with Gasteiger partial charge in [-0.3, -0.25) is 0 Å². The molecule has 2 heterocycles. The number of aromatic amines is 1. The summed E-state index contributed by atoms with van der Waals surface area (Å²) >= 11 is 0. The van der Waals surface area contributed by atoms with E-state index in [-0.39, 0.29) is 6.04 Å². The van der Waals surface area contributed by atoms with Crippen LogP contribution in [-0.2, 0) is 0 Å². The van der Waals surface area contributed by atoms with Crippen LogP contribution in [0.5, 0.6) is 0 Å². The Morgan fingerprint density at radius 2 is 2.50 bits per heavy atom. The number of nitrogens with zero attached hydrogens (tertiary/aromatic N) is 2. The molecular weight excluding hydrogens is 176 g/mol. The molecule has 4 nitrogen and oxygen atoms in total. The standard InChI is InChI=1S/C10H10N4/c11-3-1-9(12)8-5-7-2-4-13-10(7)14-6-8/h2,4-6,9H,1,12H2,(H,13,14)/t9-/m0/s1. The molecule has 0 aromatic carbocycles. The zero-order chi connectivity index (χ0) is 9.97. The molecule has 0 aliphatic rings. The number of pyridine rings is 1. The minimum Gasteiger partial charge on any atom is -0.346 e. The van der Waals surface area contributed by atoms with E-state index in [1.54, 1.807) is 6.20 Å². The van der Waals surface area contributed by atoms with Gasteiger partial charge in [-0.15, -0.1) is 0 Å². The Kier molecular flexibility index (Phi) is 2.17. The van der Waals surface area contributed by atoms with Crippen LogP contribution in [0.2, 0.25) is 0 Å². The second-order valence-corrected chi connectivity index (χ2v) is 3.15. The Morgan fingerprint density at radius 3 is 3.29 bits per heavy atom. The van der Waals surface area contributed by atoms with Crippen molar-refractivity contribution in [3.8, 4) is 6.07 Å². The maximum atomic E-state index is 8.51. The number of aromatic nitrogens is 2. The SMILES string of the molecule is N#CC[C@H](N)c1cnc2[nH]ccc2c1. The monoisotopic (exact) mass is 186 g/mol. The third kappa shape index (κ3) is 1.45. The fourth-order valence-electron chi connectivity index (χ4n) is 1.38. The summed E-state index contributed by atoms with van der Waals surface area (Å²) in [7, 11) is 0. The first kappa shape index (κ1) is 8.73. The van der Waals surface area contributed by atoms with E-state index in [1.165, 1.54) is 0 Å². The smallest absolute Gasteiger partial charge is 0.137 e. The lowest BCUT2D eigenvalue weighted by atomic mass is 10.1. The van der Waals surface area contributed by atoms with Crippen LogP contribution in [0.15, 0.2) is 24.5 Å². The van der Waals surface area contributed by atoms with Gasteiger partial charge in [0.05, 0.1) is 12.5 Å². The van der Waals surface area contributed by atoms with Crippen molar-refractivity contribution in [3.63, 3.8) is 0 Å². The van der Waals surface area contributed by atoms with Crippen LogP contribution in [0.1, 0.15) is 18.0 Å². The van der Waals surface area contributed by atoms with Gasteiger partial charge in [-0.25, -0.2) is 4.98 Å². The minimum absolute atomic E-state index is 0.244. The predicted molar refractivity (Wildman–Crippen MR) is 53.3 cm³/mol. The zero-order valence-corrected chi connectivity index (χ0v) is 7.57. The topological polar surface area (TPSA) is 78.5 Å². The molecule has 0 amide bonds. The molecule has 2 rings (SSSR count). The molecule has 14 heavy (non-hydrogen) atoms. The van der Waals surface area contributed by atoms with Gasteiger partial charge in [-0.05, 0) is 17.7 Å². The van der Waals surface area contributed by atoms with Gasteiger partial charge in [0.1, 0.15) is 5.65 Å². The number of fused-ring (bicyclic) bond motifs is 1. The molecular formula is C10H10N4. The molecule has 3 N–H and O–H groups in total. The van der Waals surface area contributed by atoms with Crippen LogP contribution in [0.3, 0.4) is 0 Å². The van der Waals surface area contributed by atoms with Gasteiger partial charge in [0.2, 0.25) is 0 Å². The van der Waals surface area contributed by atoms with Crippen LogP contribution in [0, 0.1) is 11.3 Å². The van der Waals surface area contributed by atoms with Crippen molar-refractivity contribution in [2.45, 2.75) is 12.5 Å². The highest BCUT2D eigenvalue weighted by Crippen LogP contribution is 2.17. The molecule has 0 saturated heterocycles. The number of rotatable bonds is 2. The van der Waals surface area contributed by atoms with Crippen LogP contribution >= 0.6 is 0 Å². The van der Waals surface area contributed by atoms with Gasteiger partial charge in [-0.1, -0.05) is 0 Å². The third-order valence-corrected chi connectivity index (χ3v) is 2.16. The summed E-state index contributed by atoms with van der Waals surface area (Å²) in [6, 6.07) is 5.70. The van der Waals surface area contributed by atoms with Gasteiger partial charge < -0.3 is 10.7 Å². The van der Waals surface area contributed by atoms with Crippen molar-refractivity contribution in [3.05, 3.63) is 30.1 Å². The van der Waals surface area contributed by atoms with E-state index in [1.807, 2.05) is 24.4 Å². The highest BCUT2D eigenvalue weighted by Gasteiger charge is 2.06. The summed E-state index contributed by atoms with van der Waals surface area (Å²) in [5, 5.41) is 9.54. The summed E-state index contributed by atoms with van der Waals surface area (Å²) in [6.45, 7) is 0. The molecule has 0 spiro atoms. The average Bonchev–Trinajstić information content (AvgIpc) is 2.64. The van der Waals surface area contributed by atoms with Crippen molar-refractivity contribution in [1.29, 1.82) is 5.26 Å². The number of H-pyrrole nitrogens is 1. The van der Waals surface area contributed by atoms with Crippen molar-refractivity contribution in [2.75, 3.05) is 0 Å². The lowest BCUT2D eigenvalue weighted by molar-refractivity contribution is 0.746. The quantitative estimate of drug-likeness (QED) is 0.745. The summed E-state index contributed by atoms with van der Waals surface area (Å²) in [5.41, 5.74) is 7.54. The third-order valence-electron chi connectivity index (χ3n) is 2.16. The largest absolute Gasteiger partial charge is 0.346 e. The van der Waals surface area contributed by atoms with Crippen LogP contribution in [0.25, 0.3) is 11.0 Å². The fraction of sp³-hybridized carbons (Fsp3) is 0.200. The lowest BCUT2D eigenvalue weighted by Gasteiger charge is -2.06. The predicted octanol–water partition coefficient (Wildman–Crippen LogP) is 1.48. The molecule has 0 aliphatic carbocycles. The Labute approximate surface area is 81.4 Å². The molecule has 2 aromatic rings. The summed E-state index contributed by atoms with van der Waals surface area (Å²) in [4.78, 5) is 7.20. The van der Waals surface area contributed by atoms with E-state index in [9.17, 15) is 0 Å². The van der Waals surface area contributed by atoms with Crippen molar-refractivity contribution >= 4 is 11.0 Å². The number of nitrogens with two attached hydrogens (primary N) is 1. The zero-order valence-electron chi connectivity index (χ0n) is 7.57. The average molecular weight is 186 g/mol. The van der Waals surface area contributed by atoms with Crippen molar-refractivity contribution in [2.24, 2.45) is 5.73 Å². The number of nitriles is 1. The van der Waals surface area contributed by atoms with Gasteiger partial charge in [0.25, 0.3) is 0 Å². The Balaban J connectivity index is 2.39. The number of hydrogen-bond donors (Lipinski definition) is 2. The van der Waals surface area contributed by atoms with E-state index in [2.05, 4.69) is 9.97 Å². The van der Waals surface area contributed by atoms with Crippen LogP contribution in [0.4, 0.5) is 0 Å². The number of nitrogens with one attached hydrogen (secondary N) is 1. The van der Waals surface area contributed by atoms with Crippen LogP contribution in [-0.4, -0.2) is 9.97 Å². The van der Waals surface area contributed by atoms with E-state index in [0.29, 0.717) is 6.42 Å². The molecule has 4 heteroatoms. The Hall–Kier alpha value is -1.86. The highest BCUT2D eigenvalue weighted by atomic mass is 14.8. The Morgan fingerprint density at radius 1 is 1.64 bits per heavy atom. The molecule has 0 saturated carbocycles. The Bertz CT molecular complexity index is 480. The second-order valence-electron chi connectivity index (χ2n) is 3.15. The van der Waals surface area contributed by atoms with E-state index >= 15 is 0 Å². The normalized spacial score (nSPS) is 12.6. The molecule has 1 atom stereocenters. The molecule has 0 bridgehead atoms. The van der Waals surface area contributed by atoms with Gasteiger partial charge in [0, 0.05) is 23.8 Å². The van der Waals surface area contributed by atoms with E-state index in [4.69, 9.17) is 11.0 Å².